The Morgan fingerprint density at radius 3 is 2.29 bits per heavy atom. The zero-order valence-corrected chi connectivity index (χ0v) is 30.6. The smallest absolute Gasteiger partial charge is 0.291 e. The van der Waals surface area contributed by atoms with Crippen molar-refractivity contribution < 1.29 is 32.4 Å². The summed E-state index contributed by atoms with van der Waals surface area (Å²) in [5.41, 5.74) is 1.95. The Labute approximate surface area is 305 Å². The number of hydrogen-bond donors (Lipinski definition) is 1. The van der Waals surface area contributed by atoms with E-state index in [1.165, 1.54) is 42.2 Å². The molecule has 0 unspecified atom stereocenters. The van der Waals surface area contributed by atoms with Crippen LogP contribution in [0, 0.1) is 36.3 Å². The van der Waals surface area contributed by atoms with Crippen molar-refractivity contribution in [1.82, 2.24) is 29.1 Å². The number of methoxy groups -OCH3 is 1. The maximum atomic E-state index is 15.5. The van der Waals surface area contributed by atoms with Crippen LogP contribution in [-0.4, -0.2) is 118 Å². The number of aromatic nitrogens is 4. The zero-order valence-electron chi connectivity index (χ0n) is 29.8. The van der Waals surface area contributed by atoms with Crippen molar-refractivity contribution in [3.8, 4) is 22.4 Å². The number of quaternary nitrogens is 1. The Hall–Kier alpha value is -4.66. The number of carbonyl (C=O) groups excluding carboxylic acids is 3. The van der Waals surface area contributed by atoms with Gasteiger partial charge in [0.05, 0.1) is 74.9 Å². The number of piperidine rings is 1. The Morgan fingerprint density at radius 2 is 1.62 bits per heavy atom. The van der Waals surface area contributed by atoms with Gasteiger partial charge in [-0.1, -0.05) is 17.7 Å². The van der Waals surface area contributed by atoms with E-state index in [1.807, 2.05) is 4.90 Å². The summed E-state index contributed by atoms with van der Waals surface area (Å²) in [6, 6.07) is 7.53. The summed E-state index contributed by atoms with van der Waals surface area (Å²) in [5.74, 6) is -1.73. The molecule has 12 nitrogen and oxygen atoms in total. The van der Waals surface area contributed by atoms with E-state index < -0.39 is 17.5 Å². The van der Waals surface area contributed by atoms with E-state index in [9.17, 15) is 14.4 Å². The van der Waals surface area contributed by atoms with Crippen LogP contribution in [0.5, 0.6) is 0 Å². The highest BCUT2D eigenvalue weighted by Gasteiger charge is 2.64. The van der Waals surface area contributed by atoms with Crippen LogP contribution in [0.4, 0.5) is 14.5 Å². The summed E-state index contributed by atoms with van der Waals surface area (Å²) in [6.45, 7) is 6.55. The summed E-state index contributed by atoms with van der Waals surface area (Å²) in [4.78, 5) is 47.6. The molecular weight excluding hydrogens is 694 g/mol. The summed E-state index contributed by atoms with van der Waals surface area (Å²) in [5, 5.41) is 7.15. The molecule has 3 fully saturated rings. The lowest BCUT2D eigenvalue weighted by atomic mass is 10.0. The van der Waals surface area contributed by atoms with Crippen LogP contribution >= 0.6 is 11.6 Å². The van der Waals surface area contributed by atoms with Gasteiger partial charge in [-0.2, -0.15) is 5.10 Å². The lowest BCUT2D eigenvalue weighted by molar-refractivity contribution is -0.883. The predicted octanol–water partition coefficient (Wildman–Crippen LogP) is 4.33. The molecule has 4 heterocycles. The molecule has 52 heavy (non-hydrogen) atoms. The number of ether oxygens (including phenoxy) is 1. The van der Waals surface area contributed by atoms with Gasteiger partial charge in [0.1, 0.15) is 0 Å². The number of anilines is 1. The van der Waals surface area contributed by atoms with E-state index in [0.717, 1.165) is 17.6 Å². The zero-order chi connectivity index (χ0) is 37.1. The fourth-order valence-corrected chi connectivity index (χ4v) is 8.19. The number of nitrogens with one attached hydrogen (secondary N) is 1. The SMILES string of the molecule is COCCn1ncc(-c2ccc(-c3cnc(C(=O)Nc4ccc(C(=O)N5CCN(C(=O)[C@H]6[C@@H]7C[N+](C)(C)C[C@@H]76)CC5)c(Cl)c4)n3C)c(F)c2F)c1C. The van der Waals surface area contributed by atoms with E-state index in [1.54, 1.807) is 35.7 Å². The molecule has 7 rings (SSSR count). The van der Waals surface area contributed by atoms with Gasteiger partial charge in [0, 0.05) is 80.2 Å². The van der Waals surface area contributed by atoms with Gasteiger partial charge < -0.3 is 28.9 Å². The summed E-state index contributed by atoms with van der Waals surface area (Å²) in [6.07, 6.45) is 2.80. The standard InChI is InChI=1S/C37H41ClF2N8O4/c1-21-26(17-42-47(21)14-15-52-5)23-8-9-25(33(40)32(23)39)30-18-41-34(44(30)2)35(49)43-22-6-7-24(29(38)16-22)36(50)45-10-12-46(13-11-45)37(51)31-27-19-48(3,4)20-28(27)31/h6-9,16-18,27-28,31H,10-15,19-20H2,1-5H3/p+1/t27-,28+,31+. The number of fused-ring (bicyclic) bond motifs is 1. The third kappa shape index (κ3) is 6.47. The Bertz CT molecular complexity index is 2060. The number of halogens is 3. The molecule has 2 saturated heterocycles. The predicted molar refractivity (Wildman–Crippen MR) is 191 cm³/mol. The number of nitrogens with zero attached hydrogens (tertiary/aromatic N) is 7. The van der Waals surface area contributed by atoms with Gasteiger partial charge in [-0.05, 0) is 31.2 Å². The van der Waals surface area contributed by atoms with E-state index in [-0.39, 0.29) is 51.0 Å². The van der Waals surface area contributed by atoms with Crippen molar-refractivity contribution in [3.63, 3.8) is 0 Å². The molecule has 3 aliphatic rings. The first-order chi connectivity index (χ1) is 24.8. The minimum atomic E-state index is -1.08. The van der Waals surface area contributed by atoms with E-state index in [4.69, 9.17) is 16.3 Å². The van der Waals surface area contributed by atoms with Crippen LogP contribution in [0.2, 0.25) is 5.02 Å². The van der Waals surface area contributed by atoms with Crippen LogP contribution < -0.4 is 5.32 Å². The van der Waals surface area contributed by atoms with Crippen LogP contribution in [0.25, 0.3) is 22.4 Å². The largest absolute Gasteiger partial charge is 0.383 e. The summed E-state index contributed by atoms with van der Waals surface area (Å²) in [7, 11) is 7.52. The van der Waals surface area contributed by atoms with Gasteiger partial charge in [0.25, 0.3) is 11.8 Å². The van der Waals surface area contributed by atoms with Crippen LogP contribution in [-0.2, 0) is 23.1 Å². The van der Waals surface area contributed by atoms with Crippen LogP contribution in [0.3, 0.4) is 0 Å². The highest BCUT2D eigenvalue weighted by atomic mass is 35.5. The molecule has 1 saturated carbocycles. The first kappa shape index (κ1) is 35.7. The molecule has 4 aromatic rings. The van der Waals surface area contributed by atoms with Gasteiger partial charge in [-0.25, -0.2) is 13.8 Å². The molecule has 3 atom stereocenters. The minimum Gasteiger partial charge on any atom is -0.383 e. The Morgan fingerprint density at radius 1 is 0.962 bits per heavy atom. The summed E-state index contributed by atoms with van der Waals surface area (Å²) >= 11 is 6.54. The highest BCUT2D eigenvalue weighted by molar-refractivity contribution is 6.34. The Balaban J connectivity index is 0.980. The molecule has 2 aromatic heterocycles. The van der Waals surface area contributed by atoms with Crippen molar-refractivity contribution in [2.75, 3.05) is 72.4 Å². The third-order valence-electron chi connectivity index (χ3n) is 10.8. The first-order valence-electron chi connectivity index (χ1n) is 17.3. The monoisotopic (exact) mass is 735 g/mol. The number of imidazole rings is 1. The van der Waals surface area contributed by atoms with Crippen molar-refractivity contribution in [3.05, 3.63) is 76.5 Å². The fraction of sp³-hybridized carbons (Fsp3) is 0.432. The first-order valence-corrected chi connectivity index (χ1v) is 17.7. The van der Waals surface area contributed by atoms with E-state index in [0.29, 0.717) is 68.1 Å². The van der Waals surface area contributed by atoms with Gasteiger partial charge in [0.2, 0.25) is 5.91 Å². The van der Waals surface area contributed by atoms with Crippen molar-refractivity contribution in [1.29, 1.82) is 0 Å². The maximum absolute atomic E-state index is 15.5. The maximum Gasteiger partial charge on any atom is 0.291 e. The van der Waals surface area contributed by atoms with Gasteiger partial charge >= 0.3 is 0 Å². The number of rotatable bonds is 9. The molecule has 0 radical (unpaired) electrons. The fourth-order valence-electron chi connectivity index (χ4n) is 7.93. The third-order valence-corrected chi connectivity index (χ3v) is 11.1. The number of likely N-dealkylation sites (tertiary alicyclic amines) is 1. The topological polar surface area (TPSA) is 115 Å². The second kappa shape index (κ2) is 13.7. The molecule has 1 N–H and O–H groups in total. The Kier molecular flexibility index (Phi) is 9.42. The molecule has 15 heteroatoms. The van der Waals surface area contributed by atoms with Gasteiger partial charge in [-0.15, -0.1) is 0 Å². The number of hydrogen-bond acceptors (Lipinski definition) is 6. The van der Waals surface area contributed by atoms with Crippen LogP contribution in [0.15, 0.2) is 42.7 Å². The number of carbonyl (C=O) groups is 3. The molecule has 0 bridgehead atoms. The number of benzene rings is 2. The average Bonchev–Trinajstić information content (AvgIpc) is 3.36. The molecule has 2 aromatic carbocycles. The molecular formula is C37H42ClF2N8O4+. The number of amides is 3. The lowest BCUT2D eigenvalue weighted by Gasteiger charge is -2.36. The van der Waals surface area contributed by atoms with E-state index in [2.05, 4.69) is 29.5 Å². The van der Waals surface area contributed by atoms with E-state index >= 15 is 8.78 Å². The second-order valence-corrected chi connectivity index (χ2v) is 15.0. The highest BCUT2D eigenvalue weighted by Crippen LogP contribution is 2.54. The molecule has 3 amide bonds. The minimum absolute atomic E-state index is 0.0459. The molecule has 2 aliphatic heterocycles. The lowest BCUT2D eigenvalue weighted by Crippen LogP contribution is -2.52. The normalized spacial score (nSPS) is 20.6. The quantitative estimate of drug-likeness (QED) is 0.256. The molecule has 0 spiro atoms. The van der Waals surface area contributed by atoms with Gasteiger partial charge in [-0.3, -0.25) is 19.1 Å². The van der Waals surface area contributed by atoms with Gasteiger partial charge in [0.15, 0.2) is 17.5 Å². The van der Waals surface area contributed by atoms with Crippen molar-refractivity contribution in [2.45, 2.75) is 13.5 Å². The van der Waals surface area contributed by atoms with Crippen molar-refractivity contribution in [2.24, 2.45) is 24.8 Å². The summed E-state index contributed by atoms with van der Waals surface area (Å²) < 4.78 is 40.1. The molecule has 274 valence electrons. The van der Waals surface area contributed by atoms with Crippen LogP contribution in [0.1, 0.15) is 26.7 Å². The molecule has 1 aliphatic carbocycles. The second-order valence-electron chi connectivity index (χ2n) is 14.6. The van der Waals surface area contributed by atoms with Crippen molar-refractivity contribution >= 4 is 35.0 Å². The number of piperazine rings is 1. The average molecular weight is 736 g/mol.